The third-order valence-electron chi connectivity index (χ3n) is 2.80. The Hall–Kier alpha value is -2.26. The lowest BCUT2D eigenvalue weighted by atomic mass is 10.2. The van der Waals surface area contributed by atoms with Gasteiger partial charge in [0.05, 0.1) is 0 Å². The zero-order chi connectivity index (χ0) is 16.2. The van der Waals surface area contributed by atoms with Crippen molar-refractivity contribution in [3.05, 3.63) is 47.8 Å². The first kappa shape index (κ1) is 16.1. The van der Waals surface area contributed by atoms with Crippen LogP contribution in [0, 0.1) is 5.82 Å². The van der Waals surface area contributed by atoms with Crippen LogP contribution < -0.4 is 10.0 Å². The van der Waals surface area contributed by atoms with Crippen LogP contribution in [0.25, 0.3) is 0 Å². The van der Waals surface area contributed by atoms with Crippen LogP contribution in [0.3, 0.4) is 0 Å². The molecule has 0 radical (unpaired) electrons. The SMILES string of the molecule is CN(C)S(=O)(=O)Nc1ccc(NCc2ccccc2F)nn1. The molecule has 118 valence electrons. The second kappa shape index (κ2) is 6.67. The number of nitrogens with one attached hydrogen (secondary N) is 2. The molecule has 0 bridgehead atoms. The van der Waals surface area contributed by atoms with Crippen molar-refractivity contribution in [2.75, 3.05) is 24.1 Å². The van der Waals surface area contributed by atoms with Crippen molar-refractivity contribution in [2.45, 2.75) is 6.54 Å². The molecule has 0 aliphatic heterocycles. The number of rotatable bonds is 6. The molecule has 1 aromatic heterocycles. The van der Waals surface area contributed by atoms with Crippen molar-refractivity contribution in [1.29, 1.82) is 0 Å². The fourth-order valence-electron chi connectivity index (χ4n) is 1.53. The molecule has 0 aliphatic carbocycles. The maximum absolute atomic E-state index is 13.5. The summed E-state index contributed by atoms with van der Waals surface area (Å²) in [5.74, 6) is 0.208. The predicted octanol–water partition coefficient (Wildman–Crippen LogP) is 1.45. The number of hydrogen-bond acceptors (Lipinski definition) is 5. The molecule has 0 amide bonds. The monoisotopic (exact) mass is 325 g/mol. The highest BCUT2D eigenvalue weighted by Crippen LogP contribution is 2.11. The molecule has 0 aliphatic rings. The van der Waals surface area contributed by atoms with E-state index in [1.54, 1.807) is 24.3 Å². The summed E-state index contributed by atoms with van der Waals surface area (Å²) in [7, 11) is -0.808. The van der Waals surface area contributed by atoms with Gasteiger partial charge in [0.1, 0.15) is 11.6 Å². The Balaban J connectivity index is 1.99. The number of hydrogen-bond donors (Lipinski definition) is 2. The van der Waals surface area contributed by atoms with Gasteiger partial charge in [-0.05, 0) is 18.2 Å². The summed E-state index contributed by atoms with van der Waals surface area (Å²) in [5.41, 5.74) is 0.502. The number of nitrogens with zero attached hydrogens (tertiary/aromatic N) is 3. The van der Waals surface area contributed by atoms with E-state index in [2.05, 4.69) is 20.2 Å². The molecule has 0 spiro atoms. The van der Waals surface area contributed by atoms with Gasteiger partial charge in [-0.3, -0.25) is 4.72 Å². The normalized spacial score (nSPS) is 11.5. The quantitative estimate of drug-likeness (QED) is 0.839. The fourth-order valence-corrected chi connectivity index (χ4v) is 2.09. The van der Waals surface area contributed by atoms with Gasteiger partial charge in [-0.1, -0.05) is 18.2 Å². The average Bonchev–Trinajstić information content (AvgIpc) is 2.47. The van der Waals surface area contributed by atoms with Gasteiger partial charge in [0, 0.05) is 26.2 Å². The van der Waals surface area contributed by atoms with Crippen LogP contribution in [0.15, 0.2) is 36.4 Å². The molecule has 0 atom stereocenters. The molecular weight excluding hydrogens is 309 g/mol. The van der Waals surface area contributed by atoms with Crippen molar-refractivity contribution >= 4 is 21.8 Å². The standard InChI is InChI=1S/C13H16FN5O2S/c1-19(2)22(20,21)18-13-8-7-12(16-17-13)15-9-10-5-3-4-6-11(10)14/h3-8H,9H2,1-2H3,(H,15,16)(H,17,18). The third-order valence-corrected chi connectivity index (χ3v) is 4.23. The van der Waals surface area contributed by atoms with Gasteiger partial charge >= 0.3 is 10.2 Å². The minimum Gasteiger partial charge on any atom is -0.364 e. The highest BCUT2D eigenvalue weighted by atomic mass is 32.2. The lowest BCUT2D eigenvalue weighted by Gasteiger charge is -2.12. The molecule has 2 rings (SSSR count). The van der Waals surface area contributed by atoms with E-state index in [-0.39, 0.29) is 18.2 Å². The van der Waals surface area contributed by atoms with Crippen LogP contribution in [-0.2, 0) is 16.8 Å². The Bertz CT molecular complexity index is 734. The summed E-state index contributed by atoms with van der Waals surface area (Å²) in [6.45, 7) is 0.254. The molecule has 0 saturated carbocycles. The molecule has 1 aromatic carbocycles. The number of aromatic nitrogens is 2. The van der Waals surface area contributed by atoms with E-state index in [1.165, 1.54) is 26.2 Å². The Morgan fingerprint density at radius 1 is 1.09 bits per heavy atom. The van der Waals surface area contributed by atoms with Gasteiger partial charge in [0.15, 0.2) is 5.82 Å². The molecule has 0 saturated heterocycles. The molecule has 0 fully saturated rings. The summed E-state index contributed by atoms with van der Waals surface area (Å²) < 4.78 is 40.0. The smallest absolute Gasteiger partial charge is 0.302 e. The van der Waals surface area contributed by atoms with E-state index in [4.69, 9.17) is 0 Å². The van der Waals surface area contributed by atoms with E-state index >= 15 is 0 Å². The molecule has 0 unspecified atom stereocenters. The summed E-state index contributed by atoms with van der Waals surface area (Å²) in [6, 6.07) is 9.42. The first-order valence-corrected chi connectivity index (χ1v) is 7.84. The Morgan fingerprint density at radius 3 is 2.32 bits per heavy atom. The number of benzene rings is 1. The third kappa shape index (κ3) is 4.12. The topological polar surface area (TPSA) is 87.2 Å². The lowest BCUT2D eigenvalue weighted by Crippen LogP contribution is -2.29. The molecule has 2 aromatic rings. The number of halogens is 1. The highest BCUT2D eigenvalue weighted by Gasteiger charge is 2.13. The minimum absolute atomic E-state index is 0.102. The van der Waals surface area contributed by atoms with Crippen molar-refractivity contribution in [3.8, 4) is 0 Å². The van der Waals surface area contributed by atoms with Crippen LogP contribution in [0.4, 0.5) is 16.0 Å². The van der Waals surface area contributed by atoms with Gasteiger partial charge in [-0.15, -0.1) is 10.2 Å². The zero-order valence-corrected chi connectivity index (χ0v) is 12.9. The maximum Gasteiger partial charge on any atom is 0.302 e. The summed E-state index contributed by atoms with van der Waals surface area (Å²) in [5, 5.41) is 10.5. The maximum atomic E-state index is 13.5. The van der Waals surface area contributed by atoms with E-state index in [1.807, 2.05) is 0 Å². The van der Waals surface area contributed by atoms with Gasteiger partial charge in [-0.2, -0.15) is 12.7 Å². The van der Waals surface area contributed by atoms with Crippen LogP contribution in [0.1, 0.15) is 5.56 Å². The van der Waals surface area contributed by atoms with E-state index in [9.17, 15) is 12.8 Å². The first-order chi connectivity index (χ1) is 10.4. The van der Waals surface area contributed by atoms with Gasteiger partial charge in [-0.25, -0.2) is 4.39 Å². The highest BCUT2D eigenvalue weighted by molar-refractivity contribution is 7.90. The summed E-state index contributed by atoms with van der Waals surface area (Å²) in [4.78, 5) is 0. The van der Waals surface area contributed by atoms with Crippen LogP contribution in [0.5, 0.6) is 0 Å². The molecule has 1 heterocycles. The van der Waals surface area contributed by atoms with Gasteiger partial charge in [0.2, 0.25) is 0 Å². The van der Waals surface area contributed by atoms with Crippen molar-refractivity contribution in [2.24, 2.45) is 0 Å². The lowest BCUT2D eigenvalue weighted by molar-refractivity contribution is 0.526. The number of anilines is 2. The molecule has 9 heteroatoms. The Kier molecular flexibility index (Phi) is 4.88. The first-order valence-electron chi connectivity index (χ1n) is 6.40. The minimum atomic E-state index is -3.61. The van der Waals surface area contributed by atoms with E-state index < -0.39 is 10.2 Å². The van der Waals surface area contributed by atoms with Crippen molar-refractivity contribution < 1.29 is 12.8 Å². The second-order valence-electron chi connectivity index (χ2n) is 4.64. The molecule has 22 heavy (non-hydrogen) atoms. The van der Waals surface area contributed by atoms with Crippen LogP contribution in [-0.4, -0.2) is 37.0 Å². The Labute approximate surface area is 128 Å². The average molecular weight is 325 g/mol. The molecular formula is C13H16FN5O2S. The fraction of sp³-hybridized carbons (Fsp3) is 0.231. The predicted molar refractivity (Wildman–Crippen MR) is 82.0 cm³/mol. The molecule has 2 N–H and O–H groups in total. The van der Waals surface area contributed by atoms with Crippen LogP contribution in [0.2, 0.25) is 0 Å². The van der Waals surface area contributed by atoms with Gasteiger partial charge < -0.3 is 5.32 Å². The summed E-state index contributed by atoms with van der Waals surface area (Å²) >= 11 is 0. The Morgan fingerprint density at radius 2 is 1.73 bits per heavy atom. The van der Waals surface area contributed by atoms with Crippen molar-refractivity contribution in [3.63, 3.8) is 0 Å². The largest absolute Gasteiger partial charge is 0.364 e. The summed E-state index contributed by atoms with van der Waals surface area (Å²) in [6.07, 6.45) is 0. The van der Waals surface area contributed by atoms with Crippen molar-refractivity contribution in [1.82, 2.24) is 14.5 Å². The van der Waals surface area contributed by atoms with Gasteiger partial charge in [0.25, 0.3) is 0 Å². The van der Waals surface area contributed by atoms with Crippen LogP contribution >= 0.6 is 0 Å². The zero-order valence-electron chi connectivity index (χ0n) is 12.1. The van der Waals surface area contributed by atoms with E-state index in [0.29, 0.717) is 11.4 Å². The molecule has 7 nitrogen and oxygen atoms in total. The second-order valence-corrected chi connectivity index (χ2v) is 6.52. The van der Waals surface area contributed by atoms with E-state index in [0.717, 1.165) is 4.31 Å².